The minimum atomic E-state index is -3.60. The number of benzene rings is 2. The van der Waals surface area contributed by atoms with Gasteiger partial charge in [0, 0.05) is 29.5 Å². The molecule has 2 aliphatic heterocycles. The van der Waals surface area contributed by atoms with Crippen molar-refractivity contribution in [3.8, 4) is 0 Å². The van der Waals surface area contributed by atoms with E-state index in [0.29, 0.717) is 35.1 Å². The number of anilines is 2. The van der Waals surface area contributed by atoms with Crippen molar-refractivity contribution in [1.29, 1.82) is 0 Å². The van der Waals surface area contributed by atoms with E-state index in [1.54, 1.807) is 50.2 Å². The molecule has 4 rings (SSSR count). The quantitative estimate of drug-likeness (QED) is 0.739. The van der Waals surface area contributed by atoms with Crippen molar-refractivity contribution in [1.82, 2.24) is 4.31 Å². The van der Waals surface area contributed by atoms with E-state index >= 15 is 0 Å². The lowest BCUT2D eigenvalue weighted by Gasteiger charge is -2.20. The lowest BCUT2D eigenvalue weighted by atomic mass is 9.86. The van der Waals surface area contributed by atoms with Gasteiger partial charge in [0.1, 0.15) is 6.54 Å². The molecule has 2 aromatic carbocycles. The van der Waals surface area contributed by atoms with Crippen molar-refractivity contribution in [2.24, 2.45) is 0 Å². The van der Waals surface area contributed by atoms with E-state index < -0.39 is 15.4 Å². The number of rotatable bonds is 5. The second-order valence-corrected chi connectivity index (χ2v) is 10.7. The minimum absolute atomic E-state index is 0.171. The molecule has 1 N–H and O–H groups in total. The second-order valence-electron chi connectivity index (χ2n) is 8.36. The van der Waals surface area contributed by atoms with Crippen LogP contribution in [0.1, 0.15) is 32.3 Å². The van der Waals surface area contributed by atoms with Crippen LogP contribution in [0.25, 0.3) is 0 Å². The van der Waals surface area contributed by atoms with Gasteiger partial charge < -0.3 is 10.2 Å². The maximum atomic E-state index is 13.1. The molecule has 0 aliphatic carbocycles. The highest BCUT2D eigenvalue weighted by Gasteiger charge is 2.45. The smallest absolute Gasteiger partial charge is 0.244 e. The molecule has 31 heavy (non-hydrogen) atoms. The summed E-state index contributed by atoms with van der Waals surface area (Å²) in [7, 11) is -3.60. The Labute approximate surface area is 187 Å². The van der Waals surface area contributed by atoms with Crippen molar-refractivity contribution < 1.29 is 18.0 Å². The van der Waals surface area contributed by atoms with Crippen LogP contribution in [0.5, 0.6) is 0 Å². The fraction of sp³-hybridized carbons (Fsp3) is 0.364. The molecule has 0 spiro atoms. The summed E-state index contributed by atoms with van der Waals surface area (Å²) in [4.78, 5) is 27.3. The van der Waals surface area contributed by atoms with Gasteiger partial charge in [-0.05, 0) is 74.7 Å². The molecule has 0 unspecified atom stereocenters. The van der Waals surface area contributed by atoms with Gasteiger partial charge in [-0.2, -0.15) is 4.31 Å². The number of nitrogens with one attached hydrogen (secondary N) is 1. The van der Waals surface area contributed by atoms with Crippen LogP contribution in [0.3, 0.4) is 0 Å². The van der Waals surface area contributed by atoms with Gasteiger partial charge in [0.25, 0.3) is 0 Å². The number of hydrogen-bond donors (Lipinski definition) is 1. The van der Waals surface area contributed by atoms with Crippen molar-refractivity contribution in [2.75, 3.05) is 29.9 Å². The Bertz CT molecular complexity index is 1140. The number of amides is 2. The molecule has 2 aliphatic rings. The largest absolute Gasteiger partial charge is 0.325 e. The average Bonchev–Trinajstić information content (AvgIpc) is 3.33. The number of carbonyl (C=O) groups is 2. The van der Waals surface area contributed by atoms with Crippen molar-refractivity contribution in [3.63, 3.8) is 0 Å². The van der Waals surface area contributed by atoms with E-state index in [1.165, 1.54) is 15.3 Å². The number of sulfonamides is 1. The van der Waals surface area contributed by atoms with Gasteiger partial charge in [-0.25, -0.2) is 8.42 Å². The van der Waals surface area contributed by atoms with Crippen LogP contribution in [0.2, 0.25) is 5.02 Å². The Balaban J connectivity index is 1.60. The Kier molecular flexibility index (Phi) is 5.57. The number of halogens is 1. The van der Waals surface area contributed by atoms with Crippen LogP contribution < -0.4 is 10.2 Å². The molecule has 9 heteroatoms. The molecule has 0 aromatic heterocycles. The molecule has 0 atom stereocenters. The molecule has 7 nitrogen and oxygen atoms in total. The fourth-order valence-electron chi connectivity index (χ4n) is 4.09. The van der Waals surface area contributed by atoms with Gasteiger partial charge in [0.15, 0.2) is 0 Å². The molecule has 164 valence electrons. The zero-order valence-electron chi connectivity index (χ0n) is 17.4. The Morgan fingerprint density at radius 3 is 2.39 bits per heavy atom. The standard InChI is InChI=1S/C22H24ClN3O4S/c1-22(2)18-13-17(31(29,30)25-11-3-4-12-25)9-10-19(18)26(21(22)28)14-20(27)24-16-7-5-15(23)6-8-16/h5-10,13H,3-4,11-12,14H2,1-2H3,(H,24,27). The molecule has 0 radical (unpaired) electrons. The third-order valence-corrected chi connectivity index (χ3v) is 7.99. The highest BCUT2D eigenvalue weighted by molar-refractivity contribution is 7.89. The van der Waals surface area contributed by atoms with Crippen LogP contribution in [-0.4, -0.2) is 44.2 Å². The first kappa shape index (κ1) is 21.8. The molecule has 0 bridgehead atoms. The lowest BCUT2D eigenvalue weighted by Crippen LogP contribution is -2.40. The molecule has 2 heterocycles. The highest BCUT2D eigenvalue weighted by Crippen LogP contribution is 2.43. The van der Waals surface area contributed by atoms with E-state index in [4.69, 9.17) is 11.6 Å². The molecule has 0 saturated carbocycles. The highest BCUT2D eigenvalue weighted by atomic mass is 35.5. The average molecular weight is 462 g/mol. The van der Waals surface area contributed by atoms with Gasteiger partial charge in [-0.15, -0.1) is 0 Å². The molecule has 1 fully saturated rings. The van der Waals surface area contributed by atoms with E-state index in [0.717, 1.165) is 12.8 Å². The summed E-state index contributed by atoms with van der Waals surface area (Å²) in [6, 6.07) is 11.4. The normalized spacial score (nSPS) is 18.3. The van der Waals surface area contributed by atoms with E-state index in [1.807, 2.05) is 0 Å². The number of nitrogens with zero attached hydrogens (tertiary/aromatic N) is 2. The summed E-state index contributed by atoms with van der Waals surface area (Å²) >= 11 is 5.87. The summed E-state index contributed by atoms with van der Waals surface area (Å²) in [6.45, 7) is 4.35. The third kappa shape index (κ3) is 3.95. The number of carbonyl (C=O) groups excluding carboxylic acids is 2. The summed E-state index contributed by atoms with van der Waals surface area (Å²) in [5.41, 5.74) is 0.804. The van der Waals surface area contributed by atoms with Gasteiger partial charge in [0.05, 0.1) is 10.3 Å². The third-order valence-electron chi connectivity index (χ3n) is 5.84. The van der Waals surface area contributed by atoms with Crippen LogP contribution in [0.4, 0.5) is 11.4 Å². The first-order valence-corrected chi connectivity index (χ1v) is 11.9. The van der Waals surface area contributed by atoms with Crippen LogP contribution in [0, 0.1) is 0 Å². The number of hydrogen-bond acceptors (Lipinski definition) is 4. The van der Waals surface area contributed by atoms with Gasteiger partial charge in [-0.1, -0.05) is 11.6 Å². The molecular weight excluding hydrogens is 438 g/mol. The molecule has 1 saturated heterocycles. The monoisotopic (exact) mass is 461 g/mol. The van der Waals surface area contributed by atoms with Crippen LogP contribution in [-0.2, 0) is 25.0 Å². The molecule has 2 amide bonds. The summed E-state index contributed by atoms with van der Waals surface area (Å²) in [5.74, 6) is -0.599. The topological polar surface area (TPSA) is 86.8 Å². The lowest BCUT2D eigenvalue weighted by molar-refractivity contribution is -0.124. The number of fused-ring (bicyclic) bond motifs is 1. The second kappa shape index (κ2) is 7.93. The van der Waals surface area contributed by atoms with Gasteiger partial charge >= 0.3 is 0 Å². The molecular formula is C22H24ClN3O4S. The van der Waals surface area contributed by atoms with Crippen molar-refractivity contribution in [2.45, 2.75) is 37.0 Å². The Hall–Kier alpha value is -2.42. The SMILES string of the molecule is CC1(C)C(=O)N(CC(=O)Nc2ccc(Cl)cc2)c2ccc(S(=O)(=O)N3CCCC3)cc21. The van der Waals surface area contributed by atoms with Crippen molar-refractivity contribution in [3.05, 3.63) is 53.1 Å². The maximum Gasteiger partial charge on any atom is 0.244 e. The Morgan fingerprint density at radius 2 is 1.74 bits per heavy atom. The van der Waals surface area contributed by atoms with Crippen molar-refractivity contribution >= 4 is 44.8 Å². The van der Waals surface area contributed by atoms with Crippen LogP contribution in [0.15, 0.2) is 47.4 Å². The summed E-state index contributed by atoms with van der Waals surface area (Å²) in [5, 5.41) is 3.31. The summed E-state index contributed by atoms with van der Waals surface area (Å²) < 4.78 is 27.4. The van der Waals surface area contributed by atoms with E-state index in [2.05, 4.69) is 5.32 Å². The zero-order valence-corrected chi connectivity index (χ0v) is 19.0. The summed E-state index contributed by atoms with van der Waals surface area (Å²) in [6.07, 6.45) is 1.70. The first-order valence-electron chi connectivity index (χ1n) is 10.1. The van der Waals surface area contributed by atoms with Crippen LogP contribution >= 0.6 is 11.6 Å². The van der Waals surface area contributed by atoms with Gasteiger partial charge in [-0.3, -0.25) is 9.59 Å². The zero-order chi connectivity index (χ0) is 22.4. The van der Waals surface area contributed by atoms with E-state index in [9.17, 15) is 18.0 Å². The maximum absolute atomic E-state index is 13.1. The van der Waals surface area contributed by atoms with Gasteiger partial charge in [0.2, 0.25) is 21.8 Å². The first-order chi connectivity index (χ1) is 14.6. The predicted molar refractivity (Wildman–Crippen MR) is 120 cm³/mol. The molecule has 2 aromatic rings. The minimum Gasteiger partial charge on any atom is -0.325 e. The predicted octanol–water partition coefficient (Wildman–Crippen LogP) is 3.39. The fourth-order valence-corrected chi connectivity index (χ4v) is 5.76. The Morgan fingerprint density at radius 1 is 1.10 bits per heavy atom. The van der Waals surface area contributed by atoms with E-state index in [-0.39, 0.29) is 23.3 Å².